The Morgan fingerprint density at radius 1 is 0.690 bits per heavy atom. The number of unbranched alkanes of at least 4 members (excludes halogenated alkanes) is 2. The van der Waals surface area contributed by atoms with Gasteiger partial charge in [-0.15, -0.1) is 0 Å². The summed E-state index contributed by atoms with van der Waals surface area (Å²) in [5.74, 6) is -2.81. The van der Waals surface area contributed by atoms with Crippen LogP contribution in [0.25, 0.3) is 0 Å². The Morgan fingerprint density at radius 2 is 1.14 bits per heavy atom. The first kappa shape index (κ1) is 32.0. The molecule has 0 amide bonds. The van der Waals surface area contributed by atoms with Gasteiger partial charge in [0, 0.05) is 24.0 Å². The standard InChI is InChI=1S/C34H49F5O3/c1-2-3-4-5-22-20-40-33(41-21-22)27-12-10-25(11-13-27)23-6-8-24(9-7-23)26-14-16-28(17-15-26)34(38,39)42-29-18-30(35)32(37)31(36)19-29/h18-19,22-28,33H,2-17,20-21H2,1H3. The highest BCUT2D eigenvalue weighted by molar-refractivity contribution is 5.25. The van der Waals surface area contributed by atoms with E-state index in [0.29, 0.717) is 48.6 Å². The number of halogens is 5. The van der Waals surface area contributed by atoms with Crippen LogP contribution in [-0.2, 0) is 9.47 Å². The largest absolute Gasteiger partial charge is 0.432 e. The van der Waals surface area contributed by atoms with Gasteiger partial charge in [0.05, 0.1) is 19.1 Å². The summed E-state index contributed by atoms with van der Waals surface area (Å²) >= 11 is 0. The van der Waals surface area contributed by atoms with Crippen LogP contribution in [0.3, 0.4) is 0 Å². The molecule has 42 heavy (non-hydrogen) atoms. The van der Waals surface area contributed by atoms with Gasteiger partial charge in [-0.1, -0.05) is 26.2 Å². The summed E-state index contributed by atoms with van der Waals surface area (Å²) in [6, 6.07) is 0.954. The molecule has 1 aromatic rings. The van der Waals surface area contributed by atoms with Crippen molar-refractivity contribution in [3.05, 3.63) is 29.6 Å². The number of benzene rings is 1. The molecule has 3 aliphatic carbocycles. The highest BCUT2D eigenvalue weighted by Crippen LogP contribution is 2.48. The van der Waals surface area contributed by atoms with E-state index in [9.17, 15) is 22.0 Å². The third-order valence-electron chi connectivity index (χ3n) is 11.0. The lowest BCUT2D eigenvalue weighted by Gasteiger charge is -2.43. The molecular formula is C34H49F5O3. The third kappa shape index (κ3) is 7.99. The fourth-order valence-electron chi connectivity index (χ4n) is 8.41. The first-order valence-electron chi connectivity index (χ1n) is 16.7. The summed E-state index contributed by atoms with van der Waals surface area (Å²) < 4.78 is 86.8. The quantitative estimate of drug-likeness (QED) is 0.152. The van der Waals surface area contributed by atoms with E-state index in [-0.39, 0.29) is 6.29 Å². The molecule has 0 aromatic heterocycles. The van der Waals surface area contributed by atoms with E-state index >= 15 is 0 Å². The molecule has 3 nitrogen and oxygen atoms in total. The van der Waals surface area contributed by atoms with Crippen LogP contribution in [0.15, 0.2) is 12.1 Å². The predicted molar refractivity (Wildman–Crippen MR) is 152 cm³/mol. The SMILES string of the molecule is CCCCCC1COC(C2CCC(C3CCC(C4CCC(C(F)(F)Oc5cc(F)c(F)c(F)c5)CC4)CC3)CC2)OC1. The monoisotopic (exact) mass is 600 g/mol. The Hall–Kier alpha value is -1.41. The van der Waals surface area contributed by atoms with Crippen LogP contribution in [0.2, 0.25) is 0 Å². The van der Waals surface area contributed by atoms with E-state index in [1.165, 1.54) is 77.0 Å². The van der Waals surface area contributed by atoms with E-state index in [4.69, 9.17) is 14.2 Å². The van der Waals surface area contributed by atoms with Crippen LogP contribution in [0.1, 0.15) is 110 Å². The maximum Gasteiger partial charge on any atom is 0.400 e. The maximum atomic E-state index is 14.8. The van der Waals surface area contributed by atoms with Crippen LogP contribution in [0.5, 0.6) is 5.75 Å². The van der Waals surface area contributed by atoms with E-state index in [0.717, 1.165) is 37.9 Å². The van der Waals surface area contributed by atoms with Gasteiger partial charge in [-0.3, -0.25) is 0 Å². The highest BCUT2D eigenvalue weighted by Gasteiger charge is 2.45. The van der Waals surface area contributed by atoms with Crippen LogP contribution in [-0.4, -0.2) is 25.6 Å². The fourth-order valence-corrected chi connectivity index (χ4v) is 8.41. The lowest BCUT2D eigenvalue weighted by molar-refractivity contribution is -0.230. The normalized spacial score (nSPS) is 34.7. The van der Waals surface area contributed by atoms with E-state index in [2.05, 4.69) is 6.92 Å². The third-order valence-corrected chi connectivity index (χ3v) is 11.0. The van der Waals surface area contributed by atoms with Gasteiger partial charge in [-0.05, 0) is 107 Å². The average Bonchev–Trinajstić information content (AvgIpc) is 3.00. The summed E-state index contributed by atoms with van der Waals surface area (Å²) in [6.07, 6.45) is 13.2. The van der Waals surface area contributed by atoms with Crippen LogP contribution in [0, 0.1) is 58.9 Å². The van der Waals surface area contributed by atoms with Crippen molar-refractivity contribution in [3.63, 3.8) is 0 Å². The fraction of sp³-hybridized carbons (Fsp3) is 0.824. The zero-order valence-electron chi connectivity index (χ0n) is 25.1. The van der Waals surface area contributed by atoms with Crippen molar-refractivity contribution in [3.8, 4) is 5.75 Å². The van der Waals surface area contributed by atoms with Crippen LogP contribution in [0.4, 0.5) is 22.0 Å². The van der Waals surface area contributed by atoms with E-state index in [1.807, 2.05) is 0 Å². The number of ether oxygens (including phenoxy) is 3. The molecule has 1 aromatic carbocycles. The summed E-state index contributed by atoms with van der Waals surface area (Å²) in [5, 5.41) is 0. The summed E-state index contributed by atoms with van der Waals surface area (Å²) in [4.78, 5) is 0. The minimum atomic E-state index is -3.55. The van der Waals surface area contributed by atoms with Gasteiger partial charge in [-0.25, -0.2) is 13.2 Å². The molecule has 1 heterocycles. The topological polar surface area (TPSA) is 27.7 Å². The molecule has 8 heteroatoms. The first-order valence-corrected chi connectivity index (χ1v) is 16.7. The van der Waals surface area contributed by atoms with Crippen molar-refractivity contribution >= 4 is 0 Å². The van der Waals surface area contributed by atoms with Gasteiger partial charge in [0.1, 0.15) is 5.75 Å². The number of rotatable bonds is 10. The van der Waals surface area contributed by atoms with Gasteiger partial charge >= 0.3 is 6.11 Å². The molecule has 5 rings (SSSR count). The Bertz CT molecular complexity index is 950. The van der Waals surface area contributed by atoms with Crippen molar-refractivity contribution < 1.29 is 36.2 Å². The Balaban J connectivity index is 0.995. The van der Waals surface area contributed by atoms with Gasteiger partial charge in [0.15, 0.2) is 23.7 Å². The first-order chi connectivity index (χ1) is 20.2. The maximum absolute atomic E-state index is 14.8. The molecule has 1 saturated heterocycles. The molecule has 3 saturated carbocycles. The zero-order chi connectivity index (χ0) is 29.7. The lowest BCUT2D eigenvalue weighted by atomic mass is 9.65. The second-order valence-electron chi connectivity index (χ2n) is 13.7. The molecule has 238 valence electrons. The van der Waals surface area contributed by atoms with Crippen LogP contribution >= 0.6 is 0 Å². The van der Waals surface area contributed by atoms with Gasteiger partial charge in [-0.2, -0.15) is 8.78 Å². The molecule has 0 bridgehead atoms. The molecule has 4 fully saturated rings. The minimum absolute atomic E-state index is 0.0185. The van der Waals surface area contributed by atoms with E-state index < -0.39 is 35.2 Å². The summed E-state index contributed by atoms with van der Waals surface area (Å²) in [7, 11) is 0. The summed E-state index contributed by atoms with van der Waals surface area (Å²) in [6.45, 7) is 3.93. The number of hydrogen-bond donors (Lipinski definition) is 0. The molecule has 4 aliphatic rings. The van der Waals surface area contributed by atoms with Gasteiger partial charge < -0.3 is 14.2 Å². The second kappa shape index (κ2) is 14.6. The van der Waals surface area contributed by atoms with E-state index in [1.54, 1.807) is 0 Å². The molecular weight excluding hydrogens is 551 g/mol. The lowest BCUT2D eigenvalue weighted by Crippen LogP contribution is -2.39. The Morgan fingerprint density at radius 3 is 1.62 bits per heavy atom. The van der Waals surface area contributed by atoms with Crippen molar-refractivity contribution in [1.29, 1.82) is 0 Å². The molecule has 0 unspecified atom stereocenters. The number of hydrogen-bond acceptors (Lipinski definition) is 3. The van der Waals surface area contributed by atoms with Gasteiger partial charge in [0.2, 0.25) is 0 Å². The molecule has 0 N–H and O–H groups in total. The van der Waals surface area contributed by atoms with Crippen molar-refractivity contribution in [2.45, 2.75) is 122 Å². The Labute approximate surface area is 248 Å². The van der Waals surface area contributed by atoms with Crippen molar-refractivity contribution in [2.24, 2.45) is 41.4 Å². The smallest absolute Gasteiger partial charge is 0.400 e. The van der Waals surface area contributed by atoms with Gasteiger partial charge in [0.25, 0.3) is 0 Å². The molecule has 0 atom stereocenters. The molecule has 0 spiro atoms. The predicted octanol–water partition coefficient (Wildman–Crippen LogP) is 10.1. The average molecular weight is 601 g/mol. The minimum Gasteiger partial charge on any atom is -0.432 e. The number of alkyl halides is 2. The molecule has 0 radical (unpaired) electrons. The van der Waals surface area contributed by atoms with Crippen molar-refractivity contribution in [2.75, 3.05) is 13.2 Å². The molecule has 1 aliphatic heterocycles. The second-order valence-corrected chi connectivity index (χ2v) is 13.7. The summed E-state index contributed by atoms with van der Waals surface area (Å²) in [5.41, 5.74) is 0. The Kier molecular flexibility index (Phi) is 11.1. The van der Waals surface area contributed by atoms with Crippen molar-refractivity contribution in [1.82, 2.24) is 0 Å². The zero-order valence-corrected chi connectivity index (χ0v) is 25.1. The highest BCUT2D eigenvalue weighted by atomic mass is 19.3. The van der Waals surface area contributed by atoms with Crippen LogP contribution < -0.4 is 4.74 Å².